The Hall–Kier alpha value is -1.92. The van der Waals surface area contributed by atoms with Gasteiger partial charge in [-0.1, -0.05) is 23.2 Å². The molecule has 0 unspecified atom stereocenters. The molecule has 0 aliphatic carbocycles. The SMILES string of the molecule is O=[N+]([O-])c1cc(Cl)ccc1OCc1cnc(Cl)cn1. The van der Waals surface area contributed by atoms with Crippen LogP contribution < -0.4 is 4.74 Å². The molecular weight excluding hydrogens is 293 g/mol. The van der Waals surface area contributed by atoms with Crippen molar-refractivity contribution in [3.63, 3.8) is 0 Å². The van der Waals surface area contributed by atoms with E-state index in [4.69, 9.17) is 27.9 Å². The molecule has 0 spiro atoms. The first kappa shape index (κ1) is 13.5. The van der Waals surface area contributed by atoms with Crippen molar-refractivity contribution in [2.45, 2.75) is 6.61 Å². The lowest BCUT2D eigenvalue weighted by Crippen LogP contribution is -2.01. The van der Waals surface area contributed by atoms with E-state index in [9.17, 15) is 10.1 Å². The van der Waals surface area contributed by atoms with Gasteiger partial charge in [-0.05, 0) is 12.1 Å². The summed E-state index contributed by atoms with van der Waals surface area (Å²) in [4.78, 5) is 18.1. The Labute approximate surface area is 118 Å². The van der Waals surface area contributed by atoms with Crippen LogP contribution in [0, 0.1) is 10.1 Å². The fourth-order valence-corrected chi connectivity index (χ4v) is 1.58. The molecule has 1 aromatic heterocycles. The zero-order valence-electron chi connectivity index (χ0n) is 9.42. The molecule has 0 atom stereocenters. The predicted molar refractivity (Wildman–Crippen MR) is 69.5 cm³/mol. The number of hydrogen-bond donors (Lipinski definition) is 0. The smallest absolute Gasteiger partial charge is 0.312 e. The molecular formula is C11H7Cl2N3O3. The number of hydrogen-bond acceptors (Lipinski definition) is 5. The van der Waals surface area contributed by atoms with Crippen LogP contribution in [-0.4, -0.2) is 14.9 Å². The van der Waals surface area contributed by atoms with E-state index in [-0.39, 0.29) is 28.2 Å². The summed E-state index contributed by atoms with van der Waals surface area (Å²) < 4.78 is 5.33. The van der Waals surface area contributed by atoms with Crippen molar-refractivity contribution in [3.8, 4) is 5.75 Å². The Morgan fingerprint density at radius 3 is 2.68 bits per heavy atom. The van der Waals surface area contributed by atoms with Crippen LogP contribution in [0.1, 0.15) is 5.69 Å². The molecule has 1 heterocycles. The lowest BCUT2D eigenvalue weighted by molar-refractivity contribution is -0.385. The van der Waals surface area contributed by atoms with Crippen molar-refractivity contribution in [1.29, 1.82) is 0 Å². The lowest BCUT2D eigenvalue weighted by Gasteiger charge is -2.06. The Bertz CT molecular complexity index is 605. The van der Waals surface area contributed by atoms with Gasteiger partial charge in [0.15, 0.2) is 5.75 Å². The molecule has 6 nitrogen and oxygen atoms in total. The average Bonchev–Trinajstić information content (AvgIpc) is 2.39. The van der Waals surface area contributed by atoms with E-state index >= 15 is 0 Å². The van der Waals surface area contributed by atoms with Crippen LogP contribution in [0.2, 0.25) is 10.2 Å². The summed E-state index contributed by atoms with van der Waals surface area (Å²) in [5.74, 6) is 0.117. The minimum absolute atomic E-state index is 0.0483. The van der Waals surface area contributed by atoms with Gasteiger partial charge < -0.3 is 4.74 Å². The Morgan fingerprint density at radius 2 is 2.05 bits per heavy atom. The number of halogens is 2. The Morgan fingerprint density at radius 1 is 1.26 bits per heavy atom. The van der Waals surface area contributed by atoms with Crippen molar-refractivity contribution in [2.24, 2.45) is 0 Å². The van der Waals surface area contributed by atoms with Gasteiger partial charge in [0.2, 0.25) is 0 Å². The topological polar surface area (TPSA) is 78.2 Å². The highest BCUT2D eigenvalue weighted by Crippen LogP contribution is 2.30. The number of rotatable bonds is 4. The van der Waals surface area contributed by atoms with Crippen LogP contribution in [0.4, 0.5) is 5.69 Å². The molecule has 0 N–H and O–H groups in total. The van der Waals surface area contributed by atoms with E-state index in [0.717, 1.165) is 0 Å². The third kappa shape index (κ3) is 3.52. The quantitative estimate of drug-likeness (QED) is 0.639. The van der Waals surface area contributed by atoms with Gasteiger partial charge in [0.1, 0.15) is 11.8 Å². The second-order valence-corrected chi connectivity index (χ2v) is 4.31. The van der Waals surface area contributed by atoms with E-state index in [1.54, 1.807) is 0 Å². The van der Waals surface area contributed by atoms with Crippen molar-refractivity contribution < 1.29 is 9.66 Å². The first-order chi connectivity index (χ1) is 9.06. The average molecular weight is 300 g/mol. The van der Waals surface area contributed by atoms with Gasteiger partial charge in [-0.15, -0.1) is 0 Å². The number of nitro groups is 1. The standard InChI is InChI=1S/C11H7Cl2N3O3/c12-7-1-2-10(9(3-7)16(17)18)19-6-8-4-15-11(13)5-14-8/h1-5H,6H2. The van der Waals surface area contributed by atoms with Gasteiger partial charge in [0.05, 0.1) is 23.0 Å². The maximum Gasteiger partial charge on any atom is 0.312 e. The van der Waals surface area contributed by atoms with Crippen molar-refractivity contribution in [3.05, 3.63) is 56.6 Å². The maximum atomic E-state index is 10.9. The van der Waals surface area contributed by atoms with E-state index in [2.05, 4.69) is 9.97 Å². The number of ether oxygens (including phenoxy) is 1. The highest BCUT2D eigenvalue weighted by molar-refractivity contribution is 6.30. The molecule has 1 aromatic carbocycles. The largest absolute Gasteiger partial charge is 0.480 e. The zero-order chi connectivity index (χ0) is 13.8. The number of nitrogens with zero attached hydrogens (tertiary/aromatic N) is 3. The summed E-state index contributed by atoms with van der Waals surface area (Å²) in [6.07, 6.45) is 2.81. The third-order valence-electron chi connectivity index (χ3n) is 2.17. The second kappa shape index (κ2) is 5.81. The minimum atomic E-state index is -0.561. The highest BCUT2D eigenvalue weighted by atomic mass is 35.5. The summed E-state index contributed by atoms with van der Waals surface area (Å²) >= 11 is 11.3. The van der Waals surface area contributed by atoms with Gasteiger partial charge in [-0.25, -0.2) is 4.98 Å². The number of nitro benzene ring substituents is 1. The second-order valence-electron chi connectivity index (χ2n) is 3.49. The molecule has 0 saturated carbocycles. The molecule has 0 fully saturated rings. The first-order valence-corrected chi connectivity index (χ1v) is 5.85. The molecule has 98 valence electrons. The van der Waals surface area contributed by atoms with Crippen molar-refractivity contribution >= 4 is 28.9 Å². The third-order valence-corrected chi connectivity index (χ3v) is 2.60. The molecule has 0 aliphatic rings. The fraction of sp³-hybridized carbons (Fsp3) is 0.0909. The summed E-state index contributed by atoms with van der Waals surface area (Å²) in [7, 11) is 0. The monoisotopic (exact) mass is 299 g/mol. The van der Waals surface area contributed by atoms with Crippen LogP contribution in [0.15, 0.2) is 30.6 Å². The van der Waals surface area contributed by atoms with E-state index < -0.39 is 4.92 Å². The van der Waals surface area contributed by atoms with Crippen LogP contribution >= 0.6 is 23.2 Å². The van der Waals surface area contributed by atoms with E-state index in [1.807, 2.05) is 0 Å². The molecule has 0 amide bonds. The lowest BCUT2D eigenvalue weighted by atomic mass is 10.3. The summed E-state index contributed by atoms with van der Waals surface area (Å²) in [6, 6.07) is 4.17. The summed E-state index contributed by atoms with van der Waals surface area (Å²) in [5, 5.41) is 11.4. The Kier molecular flexibility index (Phi) is 4.13. The Balaban J connectivity index is 2.15. The molecule has 2 rings (SSSR count). The number of benzene rings is 1. The molecule has 2 aromatic rings. The van der Waals surface area contributed by atoms with E-state index in [0.29, 0.717) is 5.69 Å². The van der Waals surface area contributed by atoms with Gasteiger partial charge in [0, 0.05) is 11.1 Å². The van der Waals surface area contributed by atoms with Gasteiger partial charge >= 0.3 is 5.69 Å². The molecule has 0 radical (unpaired) electrons. The van der Waals surface area contributed by atoms with Crippen LogP contribution in [0.25, 0.3) is 0 Å². The highest BCUT2D eigenvalue weighted by Gasteiger charge is 2.15. The predicted octanol–water partition coefficient (Wildman–Crippen LogP) is 3.27. The van der Waals surface area contributed by atoms with Gasteiger partial charge in [-0.3, -0.25) is 15.1 Å². The van der Waals surface area contributed by atoms with Gasteiger partial charge in [-0.2, -0.15) is 0 Å². The zero-order valence-corrected chi connectivity index (χ0v) is 10.9. The van der Waals surface area contributed by atoms with E-state index in [1.165, 1.54) is 30.6 Å². The van der Waals surface area contributed by atoms with Crippen LogP contribution in [-0.2, 0) is 6.61 Å². The summed E-state index contributed by atoms with van der Waals surface area (Å²) in [6.45, 7) is 0.0483. The fourth-order valence-electron chi connectivity index (χ4n) is 1.32. The molecule has 0 saturated heterocycles. The van der Waals surface area contributed by atoms with Crippen molar-refractivity contribution in [1.82, 2.24) is 9.97 Å². The normalized spacial score (nSPS) is 10.2. The number of aromatic nitrogens is 2. The maximum absolute atomic E-state index is 10.9. The van der Waals surface area contributed by atoms with Crippen LogP contribution in [0.3, 0.4) is 0 Å². The van der Waals surface area contributed by atoms with Crippen molar-refractivity contribution in [2.75, 3.05) is 0 Å². The molecule has 19 heavy (non-hydrogen) atoms. The molecule has 8 heteroatoms. The first-order valence-electron chi connectivity index (χ1n) is 5.09. The molecule has 0 bridgehead atoms. The summed E-state index contributed by atoms with van der Waals surface area (Å²) in [5.41, 5.74) is 0.308. The minimum Gasteiger partial charge on any atom is -0.480 e. The van der Waals surface area contributed by atoms with Crippen LogP contribution in [0.5, 0.6) is 5.75 Å². The van der Waals surface area contributed by atoms with Gasteiger partial charge in [0.25, 0.3) is 0 Å². The molecule has 0 aliphatic heterocycles.